The van der Waals surface area contributed by atoms with Gasteiger partial charge in [-0.1, -0.05) is 57.2 Å². The Kier molecular flexibility index (Phi) is 13.4. The van der Waals surface area contributed by atoms with Crippen molar-refractivity contribution in [2.45, 2.75) is 70.4 Å². The molecule has 0 radical (unpaired) electrons. The van der Waals surface area contributed by atoms with E-state index in [4.69, 9.17) is 18.6 Å². The third-order valence-corrected chi connectivity index (χ3v) is 14.0. The van der Waals surface area contributed by atoms with Gasteiger partial charge in [-0.15, -0.1) is 0 Å². The van der Waals surface area contributed by atoms with Crippen LogP contribution >= 0.6 is 0 Å². The maximum Gasteiger partial charge on any atom is 0.311 e. The van der Waals surface area contributed by atoms with Crippen LogP contribution in [0.15, 0.2) is 102 Å². The van der Waals surface area contributed by atoms with E-state index in [9.17, 15) is 9.18 Å². The fourth-order valence-corrected chi connectivity index (χ4v) is 6.79. The van der Waals surface area contributed by atoms with Gasteiger partial charge in [-0.05, 0) is 114 Å². The molecule has 0 heterocycles. The van der Waals surface area contributed by atoms with Crippen molar-refractivity contribution in [1.82, 2.24) is 0 Å². The molecule has 4 aromatic rings. The minimum atomic E-state index is -2.23. The van der Waals surface area contributed by atoms with E-state index < -0.39 is 20.3 Å². The molecular formula is C41H51FN2O5Si. The van der Waals surface area contributed by atoms with Crippen LogP contribution in [0.5, 0.6) is 11.5 Å². The molecule has 50 heavy (non-hydrogen) atoms. The quantitative estimate of drug-likeness (QED) is 0.0713. The number of carbonyl (C=O) groups is 1. The van der Waals surface area contributed by atoms with E-state index >= 15 is 0 Å². The number of halogens is 1. The van der Waals surface area contributed by atoms with Gasteiger partial charge in [-0.25, -0.2) is 4.39 Å². The molecule has 0 aromatic heterocycles. The first-order chi connectivity index (χ1) is 23.8. The smallest absolute Gasteiger partial charge is 0.311 e. The second kappa shape index (κ2) is 17.5. The van der Waals surface area contributed by atoms with Crippen molar-refractivity contribution in [3.63, 3.8) is 0 Å². The highest BCUT2D eigenvalue weighted by atomic mass is 28.4. The van der Waals surface area contributed by atoms with Crippen LogP contribution in [0.4, 0.5) is 10.1 Å². The summed E-state index contributed by atoms with van der Waals surface area (Å²) in [6.07, 6.45) is 2.53. The lowest BCUT2D eigenvalue weighted by Crippen LogP contribution is -2.42. The van der Waals surface area contributed by atoms with E-state index in [1.54, 1.807) is 26.4 Å². The normalized spacial score (nSPS) is 13.8. The van der Waals surface area contributed by atoms with Crippen LogP contribution in [-0.2, 0) is 20.5 Å². The van der Waals surface area contributed by atoms with Crippen LogP contribution in [0.25, 0.3) is 0 Å². The number of carbonyl (C=O) groups excluding carboxylic acids is 1. The zero-order valence-electron chi connectivity index (χ0n) is 30.5. The first-order valence-electron chi connectivity index (χ1n) is 17.0. The van der Waals surface area contributed by atoms with Crippen molar-refractivity contribution in [3.8, 4) is 11.5 Å². The van der Waals surface area contributed by atoms with Gasteiger partial charge in [-0.2, -0.15) is 0 Å². The van der Waals surface area contributed by atoms with Gasteiger partial charge in [0.1, 0.15) is 17.3 Å². The number of nitrogens with one attached hydrogen (secondary N) is 1. The number of hydrogen-bond acceptors (Lipinski definition) is 7. The third-order valence-electron chi connectivity index (χ3n) is 9.51. The topological polar surface area (TPSA) is 78.4 Å². The van der Waals surface area contributed by atoms with Crippen LogP contribution in [0, 0.1) is 11.7 Å². The maximum absolute atomic E-state index is 14.0. The van der Waals surface area contributed by atoms with Gasteiger partial charge >= 0.3 is 5.97 Å². The predicted molar refractivity (Wildman–Crippen MR) is 202 cm³/mol. The highest BCUT2D eigenvalue weighted by Crippen LogP contribution is 2.42. The number of nitrogens with zero attached hydrogens (tertiary/aromatic N) is 1. The number of rotatable bonds is 16. The number of aliphatic imine (C=N–C) groups is 1. The maximum atomic E-state index is 14.0. The molecule has 0 aliphatic carbocycles. The first kappa shape index (κ1) is 38.3. The Morgan fingerprint density at radius 3 is 1.90 bits per heavy atom. The minimum absolute atomic E-state index is 0.0344. The Morgan fingerprint density at radius 1 is 0.800 bits per heavy atom. The summed E-state index contributed by atoms with van der Waals surface area (Å²) in [5, 5.41) is 3.60. The molecule has 7 nitrogen and oxygen atoms in total. The van der Waals surface area contributed by atoms with Crippen molar-refractivity contribution in [1.29, 1.82) is 0 Å². The Hall–Kier alpha value is -4.47. The van der Waals surface area contributed by atoms with Gasteiger partial charge in [0.25, 0.3) is 0 Å². The highest BCUT2D eigenvalue weighted by molar-refractivity contribution is 6.74. The van der Waals surface area contributed by atoms with Crippen molar-refractivity contribution in [2.75, 3.05) is 26.6 Å². The third kappa shape index (κ3) is 10.5. The molecule has 0 bridgehead atoms. The fraction of sp³-hybridized carbons (Fsp3) is 0.366. The zero-order chi connectivity index (χ0) is 36.3. The van der Waals surface area contributed by atoms with E-state index in [0.29, 0.717) is 19.4 Å². The van der Waals surface area contributed by atoms with Gasteiger partial charge in [0.2, 0.25) is 0 Å². The molecule has 3 atom stereocenters. The summed E-state index contributed by atoms with van der Waals surface area (Å²) in [6, 6.07) is 29.6. The van der Waals surface area contributed by atoms with Crippen LogP contribution in [0.1, 0.15) is 68.0 Å². The molecule has 266 valence electrons. The van der Waals surface area contributed by atoms with Crippen LogP contribution in [0.2, 0.25) is 18.1 Å². The van der Waals surface area contributed by atoms with Crippen molar-refractivity contribution in [3.05, 3.63) is 125 Å². The fourth-order valence-electron chi connectivity index (χ4n) is 5.47. The Balaban J connectivity index is 1.59. The standard InChI is InChI=1S/C41H51FN2O5Si/c1-41(2,3)50(7,8)49-38(31-13-17-33(42)18-14-31)26-25-37(40(45)48-6)39(32-15-23-36(47-5)24-16-32)44-34-19-9-29(10-20-34)27-43-28-30-11-21-35(46-4)22-12-30/h9-24,28,37-39,44H,25-27H2,1-8H3/t37-,38+,39-/m1/s1. The Morgan fingerprint density at radius 2 is 1.36 bits per heavy atom. The number of benzene rings is 4. The number of anilines is 1. The molecule has 0 aliphatic rings. The molecular weight excluding hydrogens is 648 g/mol. The number of esters is 1. The van der Waals surface area contributed by atoms with E-state index in [1.165, 1.54) is 19.2 Å². The lowest BCUT2D eigenvalue weighted by Gasteiger charge is -2.40. The van der Waals surface area contributed by atoms with E-state index in [0.717, 1.165) is 39.4 Å². The lowest BCUT2D eigenvalue weighted by atomic mass is 9.87. The van der Waals surface area contributed by atoms with Gasteiger partial charge in [0.15, 0.2) is 8.32 Å². The first-order valence-corrected chi connectivity index (χ1v) is 19.9. The predicted octanol–water partition coefficient (Wildman–Crippen LogP) is 9.95. The molecule has 0 saturated heterocycles. The summed E-state index contributed by atoms with van der Waals surface area (Å²) in [5.74, 6) is 0.341. The minimum Gasteiger partial charge on any atom is -0.497 e. The van der Waals surface area contributed by atoms with Gasteiger partial charge in [0.05, 0.1) is 45.9 Å². The second-order valence-corrected chi connectivity index (χ2v) is 18.7. The molecule has 0 fully saturated rings. The van der Waals surface area contributed by atoms with E-state index in [2.05, 4.69) is 44.2 Å². The highest BCUT2D eigenvalue weighted by Gasteiger charge is 2.40. The molecule has 4 aromatic carbocycles. The molecule has 4 rings (SSSR count). The van der Waals surface area contributed by atoms with Crippen LogP contribution < -0.4 is 14.8 Å². The number of hydrogen-bond donors (Lipinski definition) is 1. The summed E-state index contributed by atoms with van der Waals surface area (Å²) in [7, 11) is 2.47. The van der Waals surface area contributed by atoms with Crippen molar-refractivity contribution >= 4 is 26.2 Å². The summed E-state index contributed by atoms with van der Waals surface area (Å²) < 4.78 is 36.9. The largest absolute Gasteiger partial charge is 0.497 e. The SMILES string of the molecule is COC(=O)[C@H](CC[C@H](O[Si](C)(C)C(C)(C)C)c1ccc(F)cc1)[C@H](Nc1ccc(CN=Cc2ccc(OC)cc2)cc1)c1ccc(OC)cc1. The lowest BCUT2D eigenvalue weighted by molar-refractivity contribution is -0.146. The van der Waals surface area contributed by atoms with Gasteiger partial charge in [-0.3, -0.25) is 9.79 Å². The zero-order valence-corrected chi connectivity index (χ0v) is 31.5. The molecule has 0 spiro atoms. The monoisotopic (exact) mass is 698 g/mol. The second-order valence-electron chi connectivity index (χ2n) is 14.0. The van der Waals surface area contributed by atoms with Crippen molar-refractivity contribution < 1.29 is 27.8 Å². The summed E-state index contributed by atoms with van der Waals surface area (Å²) >= 11 is 0. The van der Waals surface area contributed by atoms with Crippen LogP contribution in [-0.4, -0.2) is 41.8 Å². The summed E-state index contributed by atoms with van der Waals surface area (Å²) in [5.41, 5.74) is 4.71. The molecule has 1 N–H and O–H groups in total. The number of ether oxygens (including phenoxy) is 3. The summed E-state index contributed by atoms with van der Waals surface area (Å²) in [6.45, 7) is 11.5. The van der Waals surface area contributed by atoms with Gasteiger partial charge < -0.3 is 24.0 Å². The van der Waals surface area contributed by atoms with Gasteiger partial charge in [0, 0.05) is 11.9 Å². The number of methoxy groups -OCH3 is 3. The van der Waals surface area contributed by atoms with E-state index in [1.807, 2.05) is 79.0 Å². The average Bonchev–Trinajstić information content (AvgIpc) is 3.11. The molecule has 9 heteroatoms. The van der Waals surface area contributed by atoms with E-state index in [-0.39, 0.29) is 22.9 Å². The summed E-state index contributed by atoms with van der Waals surface area (Å²) in [4.78, 5) is 18.2. The Labute approximate surface area is 298 Å². The Bertz CT molecular complexity index is 1670. The molecule has 0 unspecified atom stereocenters. The molecule has 0 saturated carbocycles. The van der Waals surface area contributed by atoms with Crippen LogP contribution in [0.3, 0.4) is 0 Å². The average molecular weight is 699 g/mol. The molecule has 0 amide bonds. The molecule has 0 aliphatic heterocycles. The van der Waals surface area contributed by atoms with Crippen molar-refractivity contribution in [2.24, 2.45) is 10.9 Å².